The fourth-order valence-electron chi connectivity index (χ4n) is 3.92. The van der Waals surface area contributed by atoms with E-state index in [4.69, 9.17) is 16.3 Å². The number of aryl methyl sites for hydroxylation is 2. The molecule has 6 nitrogen and oxygen atoms in total. The minimum atomic E-state index is -3.13. The molecule has 2 aliphatic rings. The topological polar surface area (TPSA) is 76.0 Å². The Kier molecular flexibility index (Phi) is 6.40. The van der Waals surface area contributed by atoms with Crippen molar-refractivity contribution < 1.29 is 17.9 Å². The van der Waals surface area contributed by atoms with Gasteiger partial charge < -0.3 is 9.64 Å². The van der Waals surface area contributed by atoms with Crippen molar-refractivity contribution in [1.29, 1.82) is 0 Å². The van der Waals surface area contributed by atoms with Crippen LogP contribution in [0.15, 0.2) is 45.9 Å². The first-order valence-corrected chi connectivity index (χ1v) is 13.4. The van der Waals surface area contributed by atoms with Crippen LogP contribution < -0.4 is 9.64 Å². The van der Waals surface area contributed by atoms with E-state index in [-0.39, 0.29) is 29.4 Å². The number of fused-ring (bicyclic) bond motifs is 1. The van der Waals surface area contributed by atoms with E-state index in [9.17, 15) is 13.2 Å². The second-order valence-corrected chi connectivity index (χ2v) is 12.3. The van der Waals surface area contributed by atoms with Crippen LogP contribution >= 0.6 is 39.3 Å². The molecule has 2 heterocycles. The van der Waals surface area contributed by atoms with Gasteiger partial charge in [0.2, 0.25) is 0 Å². The summed E-state index contributed by atoms with van der Waals surface area (Å²) in [6.45, 7) is 3.72. The van der Waals surface area contributed by atoms with Crippen LogP contribution in [0.5, 0.6) is 5.75 Å². The Morgan fingerprint density at radius 1 is 1.23 bits per heavy atom. The fraction of sp³-hybridized carbons (Fsp3) is 0.333. The molecular weight excluding hydrogens is 524 g/mol. The lowest BCUT2D eigenvalue weighted by molar-refractivity contribution is -0.119. The van der Waals surface area contributed by atoms with E-state index in [1.807, 2.05) is 30.9 Å². The summed E-state index contributed by atoms with van der Waals surface area (Å²) >= 11 is 10.7. The number of nitrogens with zero attached hydrogens (tertiary/aromatic N) is 2. The number of carbonyl (C=O) groups excluding carboxylic acids is 1. The molecule has 0 aromatic heterocycles. The van der Waals surface area contributed by atoms with Gasteiger partial charge in [0.1, 0.15) is 5.75 Å². The van der Waals surface area contributed by atoms with Crippen LogP contribution in [0.4, 0.5) is 5.69 Å². The number of hydrogen-bond donors (Lipinski definition) is 0. The van der Waals surface area contributed by atoms with Crippen LogP contribution in [0.3, 0.4) is 0 Å². The van der Waals surface area contributed by atoms with E-state index in [2.05, 4.69) is 20.9 Å². The van der Waals surface area contributed by atoms with Gasteiger partial charge in [-0.25, -0.2) is 8.42 Å². The lowest BCUT2D eigenvalue weighted by Gasteiger charge is -2.28. The van der Waals surface area contributed by atoms with Gasteiger partial charge in [0.15, 0.2) is 21.6 Å². The minimum Gasteiger partial charge on any atom is -0.484 e. The van der Waals surface area contributed by atoms with E-state index in [0.717, 1.165) is 21.3 Å². The van der Waals surface area contributed by atoms with E-state index in [1.165, 1.54) is 11.8 Å². The van der Waals surface area contributed by atoms with Gasteiger partial charge in [-0.2, -0.15) is 4.99 Å². The summed E-state index contributed by atoms with van der Waals surface area (Å²) < 4.78 is 31.0. The molecule has 0 radical (unpaired) electrons. The Labute approximate surface area is 199 Å². The molecule has 2 aliphatic heterocycles. The molecule has 1 amide bonds. The predicted molar refractivity (Wildman–Crippen MR) is 129 cm³/mol. The van der Waals surface area contributed by atoms with Crippen LogP contribution in [-0.2, 0) is 14.6 Å². The molecule has 0 spiro atoms. The zero-order chi connectivity index (χ0) is 22.3. The number of amides is 1. The maximum atomic E-state index is 12.6. The Morgan fingerprint density at radius 2 is 1.87 bits per heavy atom. The number of sulfone groups is 1. The molecule has 31 heavy (non-hydrogen) atoms. The van der Waals surface area contributed by atoms with Crippen molar-refractivity contribution in [3.8, 4) is 5.75 Å². The number of anilines is 1. The van der Waals surface area contributed by atoms with Crippen molar-refractivity contribution in [1.82, 2.24) is 0 Å². The first-order valence-electron chi connectivity index (χ1n) is 9.56. The van der Waals surface area contributed by atoms with Gasteiger partial charge in [-0.05, 0) is 61.4 Å². The maximum absolute atomic E-state index is 12.6. The van der Waals surface area contributed by atoms with Crippen LogP contribution in [0, 0.1) is 13.8 Å². The minimum absolute atomic E-state index is 0.0497. The van der Waals surface area contributed by atoms with Crippen LogP contribution in [0.1, 0.15) is 11.1 Å². The Bertz CT molecular complexity index is 1150. The monoisotopic (exact) mass is 542 g/mol. The summed E-state index contributed by atoms with van der Waals surface area (Å²) in [4.78, 5) is 18.8. The molecule has 0 saturated carbocycles. The molecule has 0 bridgehead atoms. The molecule has 0 unspecified atom stereocenters. The molecule has 2 aromatic rings. The Morgan fingerprint density at radius 3 is 2.52 bits per heavy atom. The molecule has 2 fully saturated rings. The normalized spacial score (nSPS) is 23.2. The van der Waals surface area contributed by atoms with E-state index < -0.39 is 15.7 Å². The standard InChI is InChI=1S/C21H20BrClN2O4S2/c1-12-7-14(22)8-13(2)20(12)25-17-10-31(27,28)11-18(17)30-21(25)24-19(26)9-29-16-5-3-15(23)4-6-16/h3-8,17-18H,9-11H2,1-2H3/t17-,18+/m1/s1. The highest BCUT2D eigenvalue weighted by Gasteiger charge is 2.50. The summed E-state index contributed by atoms with van der Waals surface area (Å²) in [5.41, 5.74) is 2.86. The Balaban J connectivity index is 1.62. The SMILES string of the molecule is Cc1cc(Br)cc(C)c1N1C(=NC(=O)COc2ccc(Cl)cc2)S[C@H]2CS(=O)(=O)C[C@H]21. The number of ether oxygens (including phenoxy) is 1. The first kappa shape index (κ1) is 22.6. The summed E-state index contributed by atoms with van der Waals surface area (Å²) in [6, 6.07) is 10.4. The summed E-state index contributed by atoms with van der Waals surface area (Å²) in [6.07, 6.45) is 0. The van der Waals surface area contributed by atoms with Crippen molar-refractivity contribution in [2.75, 3.05) is 23.0 Å². The van der Waals surface area contributed by atoms with Crippen molar-refractivity contribution >= 4 is 65.9 Å². The van der Waals surface area contributed by atoms with Gasteiger partial charge in [-0.1, -0.05) is 39.3 Å². The van der Waals surface area contributed by atoms with Crippen LogP contribution in [-0.4, -0.2) is 48.9 Å². The molecule has 164 valence electrons. The lowest BCUT2D eigenvalue weighted by Crippen LogP contribution is -2.38. The number of aliphatic imine (C=N–C) groups is 1. The third-order valence-electron chi connectivity index (χ3n) is 5.16. The highest BCUT2D eigenvalue weighted by Crippen LogP contribution is 2.43. The molecule has 10 heteroatoms. The van der Waals surface area contributed by atoms with Crippen LogP contribution in [0.25, 0.3) is 0 Å². The van der Waals surface area contributed by atoms with Gasteiger partial charge in [-0.3, -0.25) is 4.79 Å². The number of halogens is 2. The molecule has 4 rings (SSSR count). The van der Waals surface area contributed by atoms with Gasteiger partial charge in [0.05, 0.1) is 17.5 Å². The summed E-state index contributed by atoms with van der Waals surface area (Å²) in [7, 11) is -3.13. The zero-order valence-corrected chi connectivity index (χ0v) is 20.8. The molecule has 0 aliphatic carbocycles. The van der Waals surface area contributed by atoms with Crippen molar-refractivity contribution in [3.05, 3.63) is 57.0 Å². The second kappa shape index (κ2) is 8.77. The average Bonchev–Trinajstić information content (AvgIpc) is 3.12. The molecular formula is C21H20BrClN2O4S2. The molecule has 0 N–H and O–H groups in total. The second-order valence-electron chi connectivity index (χ2n) is 7.59. The number of thioether (sulfide) groups is 1. The van der Waals surface area contributed by atoms with Crippen molar-refractivity contribution in [2.24, 2.45) is 4.99 Å². The lowest BCUT2D eigenvalue weighted by atomic mass is 10.1. The number of rotatable bonds is 4. The predicted octanol–water partition coefficient (Wildman–Crippen LogP) is 4.40. The van der Waals surface area contributed by atoms with Gasteiger partial charge >= 0.3 is 0 Å². The maximum Gasteiger partial charge on any atom is 0.285 e. The van der Waals surface area contributed by atoms with Crippen LogP contribution in [0.2, 0.25) is 5.02 Å². The average molecular weight is 544 g/mol. The summed E-state index contributed by atoms with van der Waals surface area (Å²) in [5.74, 6) is 0.227. The van der Waals surface area contributed by atoms with Gasteiger partial charge in [0.25, 0.3) is 5.91 Å². The highest BCUT2D eigenvalue weighted by atomic mass is 79.9. The van der Waals surface area contributed by atoms with Gasteiger partial charge in [0, 0.05) is 20.4 Å². The largest absolute Gasteiger partial charge is 0.484 e. The number of carbonyl (C=O) groups is 1. The molecule has 2 atom stereocenters. The van der Waals surface area contributed by atoms with Crippen molar-refractivity contribution in [3.63, 3.8) is 0 Å². The molecule has 2 aromatic carbocycles. The van der Waals surface area contributed by atoms with E-state index in [0.29, 0.717) is 15.9 Å². The summed E-state index contributed by atoms with van der Waals surface area (Å²) in [5, 5.41) is 0.943. The van der Waals surface area contributed by atoms with E-state index >= 15 is 0 Å². The van der Waals surface area contributed by atoms with E-state index in [1.54, 1.807) is 24.3 Å². The number of hydrogen-bond acceptors (Lipinski definition) is 5. The zero-order valence-electron chi connectivity index (χ0n) is 16.8. The number of amidine groups is 1. The fourth-order valence-corrected chi connectivity index (χ4v) is 8.65. The first-order chi connectivity index (χ1) is 14.6. The molecule has 2 saturated heterocycles. The third kappa shape index (κ3) is 4.94. The highest BCUT2D eigenvalue weighted by molar-refractivity contribution is 9.10. The smallest absolute Gasteiger partial charge is 0.285 e. The number of benzene rings is 2. The quantitative estimate of drug-likeness (QED) is 0.569. The third-order valence-corrected chi connectivity index (χ3v) is 9.08. The Hall–Kier alpha value is -1.55. The van der Waals surface area contributed by atoms with Gasteiger partial charge in [-0.15, -0.1) is 0 Å². The van der Waals surface area contributed by atoms with Crippen molar-refractivity contribution in [2.45, 2.75) is 25.1 Å².